The Bertz CT molecular complexity index is 410. The second kappa shape index (κ2) is 5.52. The summed E-state index contributed by atoms with van der Waals surface area (Å²) in [4.78, 5) is 24.1. The number of aromatic amines is 1. The number of carbonyl (C=O) groups is 2. The number of hydrogen-bond donors (Lipinski definition) is 3. The number of hydrogen-bond acceptors (Lipinski definition) is 3. The summed E-state index contributed by atoms with van der Waals surface area (Å²) in [6, 6.07) is -0.162. The molecule has 2 heterocycles. The summed E-state index contributed by atoms with van der Waals surface area (Å²) < 4.78 is 0. The molecule has 0 aliphatic carbocycles. The number of carboxylic acid groups (broad SMARTS) is 1. The minimum absolute atomic E-state index is 0.162. The van der Waals surface area contributed by atoms with E-state index >= 15 is 0 Å². The van der Waals surface area contributed by atoms with Crippen LogP contribution in [0.2, 0.25) is 0 Å². The minimum Gasteiger partial charge on any atom is -0.481 e. The topological polar surface area (TPSA) is 98.3 Å². The number of carboxylic acids is 1. The summed E-state index contributed by atoms with van der Waals surface area (Å²) >= 11 is 0. The number of nitrogens with zero attached hydrogens (tertiary/aromatic N) is 2. The summed E-state index contributed by atoms with van der Waals surface area (Å²) in [5.41, 5.74) is 0.632. The molecule has 1 aromatic heterocycles. The van der Waals surface area contributed by atoms with E-state index in [0.717, 1.165) is 12.8 Å². The molecule has 0 spiro atoms. The first-order chi connectivity index (χ1) is 8.65. The molecule has 1 aliphatic rings. The monoisotopic (exact) mass is 252 g/mol. The quantitative estimate of drug-likeness (QED) is 0.751. The van der Waals surface area contributed by atoms with Crippen molar-refractivity contribution in [3.8, 4) is 0 Å². The van der Waals surface area contributed by atoms with Gasteiger partial charge in [0.1, 0.15) is 0 Å². The summed E-state index contributed by atoms with van der Waals surface area (Å²) in [5, 5.41) is 17.8. The Morgan fingerprint density at radius 3 is 2.78 bits per heavy atom. The highest BCUT2D eigenvalue weighted by Gasteiger charge is 2.24. The summed E-state index contributed by atoms with van der Waals surface area (Å²) in [6.07, 6.45) is 4.82. The number of urea groups is 1. The van der Waals surface area contributed by atoms with Gasteiger partial charge in [-0.1, -0.05) is 0 Å². The van der Waals surface area contributed by atoms with Gasteiger partial charge in [0, 0.05) is 25.7 Å². The third-order valence-electron chi connectivity index (χ3n) is 3.11. The Labute approximate surface area is 104 Å². The van der Waals surface area contributed by atoms with Crippen LogP contribution in [0.25, 0.3) is 0 Å². The average Bonchev–Trinajstić information content (AvgIpc) is 2.82. The minimum atomic E-state index is -0.767. The largest absolute Gasteiger partial charge is 0.481 e. The molecule has 1 saturated heterocycles. The molecule has 0 bridgehead atoms. The van der Waals surface area contributed by atoms with Crippen LogP contribution in [-0.4, -0.2) is 45.3 Å². The Hall–Kier alpha value is -2.05. The van der Waals surface area contributed by atoms with Crippen LogP contribution in [0.4, 0.5) is 10.5 Å². The summed E-state index contributed by atoms with van der Waals surface area (Å²) in [5.74, 6) is -0.586. The fourth-order valence-electron chi connectivity index (χ4n) is 2.11. The molecule has 2 rings (SSSR count). The standard InChI is InChI=1S/C11H16N4O3/c16-10(17)5-8-1-3-15(4-2-8)11(18)14-9-6-12-13-7-9/h6-8H,1-5H2,(H,12,13)(H,14,18)(H,16,17). The van der Waals surface area contributed by atoms with Crippen LogP contribution in [0.3, 0.4) is 0 Å². The van der Waals surface area contributed by atoms with Crippen molar-refractivity contribution in [3.63, 3.8) is 0 Å². The lowest BCUT2D eigenvalue weighted by Gasteiger charge is -2.31. The van der Waals surface area contributed by atoms with Crippen LogP contribution in [0.15, 0.2) is 12.4 Å². The molecule has 1 aromatic rings. The molecule has 18 heavy (non-hydrogen) atoms. The van der Waals surface area contributed by atoms with Crippen LogP contribution in [0, 0.1) is 5.92 Å². The van der Waals surface area contributed by atoms with Crippen LogP contribution < -0.4 is 5.32 Å². The van der Waals surface area contributed by atoms with Crippen molar-refractivity contribution in [1.82, 2.24) is 15.1 Å². The van der Waals surface area contributed by atoms with E-state index in [1.54, 1.807) is 11.1 Å². The molecule has 2 amide bonds. The number of nitrogens with one attached hydrogen (secondary N) is 2. The molecule has 1 fully saturated rings. The van der Waals surface area contributed by atoms with Gasteiger partial charge in [-0.2, -0.15) is 5.10 Å². The second-order valence-corrected chi connectivity index (χ2v) is 4.45. The first kappa shape index (κ1) is 12.4. The van der Waals surface area contributed by atoms with Crippen molar-refractivity contribution >= 4 is 17.7 Å². The Morgan fingerprint density at radius 1 is 1.50 bits per heavy atom. The molecule has 0 atom stereocenters. The van der Waals surface area contributed by atoms with E-state index in [9.17, 15) is 9.59 Å². The number of aromatic nitrogens is 2. The van der Waals surface area contributed by atoms with Crippen LogP contribution in [0.1, 0.15) is 19.3 Å². The molecule has 0 radical (unpaired) electrons. The number of aliphatic carboxylic acids is 1. The van der Waals surface area contributed by atoms with Gasteiger partial charge in [0.15, 0.2) is 0 Å². The van der Waals surface area contributed by atoms with E-state index in [0.29, 0.717) is 18.8 Å². The highest BCUT2D eigenvalue weighted by Crippen LogP contribution is 2.20. The van der Waals surface area contributed by atoms with E-state index in [2.05, 4.69) is 15.5 Å². The number of likely N-dealkylation sites (tertiary alicyclic amines) is 1. The molecule has 7 nitrogen and oxygen atoms in total. The molecule has 0 aromatic carbocycles. The van der Waals surface area contributed by atoms with E-state index in [4.69, 9.17) is 5.11 Å². The Kier molecular flexibility index (Phi) is 3.81. The third-order valence-corrected chi connectivity index (χ3v) is 3.11. The lowest BCUT2D eigenvalue weighted by molar-refractivity contribution is -0.138. The number of rotatable bonds is 3. The van der Waals surface area contributed by atoms with Crippen LogP contribution in [0.5, 0.6) is 0 Å². The zero-order valence-electron chi connectivity index (χ0n) is 9.93. The van der Waals surface area contributed by atoms with Crippen molar-refractivity contribution in [3.05, 3.63) is 12.4 Å². The van der Waals surface area contributed by atoms with Gasteiger partial charge in [-0.3, -0.25) is 9.89 Å². The maximum atomic E-state index is 11.9. The molecule has 0 saturated carbocycles. The van der Waals surface area contributed by atoms with E-state index in [1.807, 2.05) is 0 Å². The Morgan fingerprint density at radius 2 is 2.22 bits per heavy atom. The second-order valence-electron chi connectivity index (χ2n) is 4.45. The summed E-state index contributed by atoms with van der Waals surface area (Å²) in [6.45, 7) is 1.20. The fraction of sp³-hybridized carbons (Fsp3) is 0.545. The predicted octanol–water partition coefficient (Wildman–Crippen LogP) is 1.13. The molecule has 98 valence electrons. The fourth-order valence-corrected chi connectivity index (χ4v) is 2.11. The first-order valence-electron chi connectivity index (χ1n) is 5.91. The zero-order chi connectivity index (χ0) is 13.0. The van der Waals surface area contributed by atoms with Gasteiger partial charge < -0.3 is 15.3 Å². The summed E-state index contributed by atoms with van der Waals surface area (Å²) in [7, 11) is 0. The van der Waals surface area contributed by atoms with Crippen molar-refractivity contribution in [2.75, 3.05) is 18.4 Å². The molecule has 1 aliphatic heterocycles. The lowest BCUT2D eigenvalue weighted by atomic mass is 9.94. The molecule has 3 N–H and O–H groups in total. The van der Waals surface area contributed by atoms with Gasteiger partial charge in [0.2, 0.25) is 0 Å². The lowest BCUT2D eigenvalue weighted by Crippen LogP contribution is -2.41. The van der Waals surface area contributed by atoms with E-state index < -0.39 is 5.97 Å². The van der Waals surface area contributed by atoms with E-state index in [1.165, 1.54) is 6.20 Å². The van der Waals surface area contributed by atoms with E-state index in [-0.39, 0.29) is 18.4 Å². The molecule has 0 unspecified atom stereocenters. The molecule has 7 heteroatoms. The van der Waals surface area contributed by atoms with Gasteiger partial charge >= 0.3 is 12.0 Å². The smallest absolute Gasteiger partial charge is 0.321 e. The Balaban J connectivity index is 1.79. The first-order valence-corrected chi connectivity index (χ1v) is 5.91. The maximum Gasteiger partial charge on any atom is 0.321 e. The van der Waals surface area contributed by atoms with Gasteiger partial charge in [-0.05, 0) is 18.8 Å². The normalized spacial score (nSPS) is 16.6. The highest BCUT2D eigenvalue weighted by atomic mass is 16.4. The van der Waals surface area contributed by atoms with Crippen LogP contribution >= 0.6 is 0 Å². The number of anilines is 1. The van der Waals surface area contributed by atoms with Crippen LogP contribution in [-0.2, 0) is 4.79 Å². The number of carbonyl (C=O) groups excluding carboxylic acids is 1. The van der Waals surface area contributed by atoms with Gasteiger partial charge in [0.05, 0.1) is 11.9 Å². The van der Waals surface area contributed by atoms with Crippen molar-refractivity contribution < 1.29 is 14.7 Å². The number of H-pyrrole nitrogens is 1. The molecular weight excluding hydrogens is 236 g/mol. The zero-order valence-corrected chi connectivity index (χ0v) is 9.93. The van der Waals surface area contributed by atoms with Crippen molar-refractivity contribution in [2.24, 2.45) is 5.92 Å². The highest BCUT2D eigenvalue weighted by molar-refractivity contribution is 5.89. The SMILES string of the molecule is O=C(O)CC1CCN(C(=O)Nc2cn[nH]c2)CC1. The predicted molar refractivity (Wildman–Crippen MR) is 64.2 cm³/mol. The maximum absolute atomic E-state index is 11.9. The molecular formula is C11H16N4O3. The average molecular weight is 252 g/mol. The number of amides is 2. The van der Waals surface area contributed by atoms with Crippen molar-refractivity contribution in [1.29, 1.82) is 0 Å². The number of piperidine rings is 1. The van der Waals surface area contributed by atoms with Gasteiger partial charge in [0.25, 0.3) is 0 Å². The van der Waals surface area contributed by atoms with Gasteiger partial charge in [-0.25, -0.2) is 4.79 Å². The van der Waals surface area contributed by atoms with Crippen molar-refractivity contribution in [2.45, 2.75) is 19.3 Å². The third kappa shape index (κ3) is 3.22. The van der Waals surface area contributed by atoms with Gasteiger partial charge in [-0.15, -0.1) is 0 Å².